The van der Waals surface area contributed by atoms with Crippen molar-refractivity contribution in [2.24, 2.45) is 0 Å². The maximum atomic E-state index is 13.5. The van der Waals surface area contributed by atoms with Gasteiger partial charge in [0.05, 0.1) is 55.2 Å². The van der Waals surface area contributed by atoms with Crippen molar-refractivity contribution >= 4 is 29.5 Å². The minimum absolute atomic E-state index is 0.0562. The van der Waals surface area contributed by atoms with Crippen LogP contribution in [0, 0.1) is 6.92 Å². The second-order valence-corrected chi connectivity index (χ2v) is 19.8. The predicted octanol–water partition coefficient (Wildman–Crippen LogP) is 7.03. The Morgan fingerprint density at radius 2 is 1.18 bits per heavy atom. The van der Waals surface area contributed by atoms with E-state index < -0.39 is 25.2 Å². The highest BCUT2D eigenvalue weighted by Crippen LogP contribution is 2.38. The van der Waals surface area contributed by atoms with E-state index in [1.807, 2.05) is 31.2 Å². The number of hydrogen-bond acceptors (Lipinski definition) is 8. The van der Waals surface area contributed by atoms with E-state index in [2.05, 4.69) is 88.4 Å². The quantitative estimate of drug-likeness (QED) is 0.0493. The topological polar surface area (TPSA) is 81.7 Å². The van der Waals surface area contributed by atoms with Gasteiger partial charge in [0.15, 0.2) is 0 Å². The van der Waals surface area contributed by atoms with Crippen LogP contribution in [0.1, 0.15) is 65.4 Å². The fourth-order valence-corrected chi connectivity index (χ4v) is 12.2. The van der Waals surface area contributed by atoms with Crippen LogP contribution in [-0.4, -0.2) is 90.8 Å². The summed E-state index contributed by atoms with van der Waals surface area (Å²) in [6, 6.07) is 29.4. The molecule has 3 aromatic rings. The molecular formula is C41H62O8SSi. The van der Waals surface area contributed by atoms with Gasteiger partial charge in [-0.25, -0.2) is 0 Å². The summed E-state index contributed by atoms with van der Waals surface area (Å²) in [4.78, 5) is 0.763. The molecule has 8 nitrogen and oxygen atoms in total. The first kappa shape index (κ1) is 43.2. The van der Waals surface area contributed by atoms with Gasteiger partial charge >= 0.3 is 0 Å². The van der Waals surface area contributed by atoms with Crippen molar-refractivity contribution < 1.29 is 37.1 Å². The number of rotatable bonds is 26. The van der Waals surface area contributed by atoms with Gasteiger partial charge in [-0.2, -0.15) is 0 Å². The summed E-state index contributed by atoms with van der Waals surface area (Å²) in [5.41, 5.74) is 1.12. The molecule has 0 spiro atoms. The summed E-state index contributed by atoms with van der Waals surface area (Å²) in [5.74, 6) is 0.281. The number of methoxy groups -OCH3 is 2. The van der Waals surface area contributed by atoms with Crippen LogP contribution in [0.15, 0.2) is 89.8 Å². The Balaban J connectivity index is 1.68. The summed E-state index contributed by atoms with van der Waals surface area (Å²) < 4.78 is 54.9. The molecule has 0 fully saturated rings. The molecule has 0 aliphatic carbocycles. The van der Waals surface area contributed by atoms with E-state index in [-0.39, 0.29) is 36.6 Å². The molecule has 10 heteroatoms. The smallest absolute Gasteiger partial charge is 0.261 e. The van der Waals surface area contributed by atoms with Crippen molar-refractivity contribution in [3.63, 3.8) is 0 Å². The number of hydrogen-bond donors (Lipinski definition) is 0. The summed E-state index contributed by atoms with van der Waals surface area (Å²) in [5, 5.41) is 2.52. The van der Waals surface area contributed by atoms with Gasteiger partial charge in [0.25, 0.3) is 8.32 Å². The van der Waals surface area contributed by atoms with Crippen molar-refractivity contribution in [2.45, 2.75) is 95.0 Å². The highest BCUT2D eigenvalue weighted by Gasteiger charge is 2.50. The van der Waals surface area contributed by atoms with E-state index in [9.17, 15) is 4.21 Å². The van der Waals surface area contributed by atoms with Crippen molar-refractivity contribution in [2.75, 3.05) is 60.0 Å². The van der Waals surface area contributed by atoms with Gasteiger partial charge in [-0.05, 0) is 54.2 Å². The molecule has 0 radical (unpaired) electrons. The molecule has 0 saturated heterocycles. The zero-order valence-electron chi connectivity index (χ0n) is 32.0. The Kier molecular flexibility index (Phi) is 19.8. The lowest BCUT2D eigenvalue weighted by atomic mass is 10.0. The lowest BCUT2D eigenvalue weighted by molar-refractivity contribution is -0.167. The zero-order valence-corrected chi connectivity index (χ0v) is 33.8. The SMILES string of the molecule is COCCOCO[C@@H](CCCCC[C@@H](C)O[Si](c1ccccc1)(c1ccccc1)C(C)(C)C)[C@@H](CS(=O)c1ccc(C)cc1)OCOCCOC. The summed E-state index contributed by atoms with van der Waals surface area (Å²) in [6.07, 6.45) is 3.88. The monoisotopic (exact) mass is 742 g/mol. The number of ether oxygens (including phenoxy) is 6. The molecule has 4 atom stereocenters. The van der Waals surface area contributed by atoms with Crippen LogP contribution in [0.2, 0.25) is 5.04 Å². The Hall–Kier alpha value is -2.25. The average Bonchev–Trinajstić information content (AvgIpc) is 3.12. The van der Waals surface area contributed by atoms with Gasteiger partial charge in [-0.1, -0.05) is 118 Å². The minimum atomic E-state index is -2.61. The second kappa shape index (κ2) is 23.4. The minimum Gasteiger partial charge on any atom is -0.405 e. The molecular weight excluding hydrogens is 681 g/mol. The van der Waals surface area contributed by atoms with Crippen molar-refractivity contribution in [3.05, 3.63) is 90.5 Å². The Morgan fingerprint density at radius 3 is 1.69 bits per heavy atom. The largest absolute Gasteiger partial charge is 0.405 e. The standard InChI is InChI=1S/C41H62O8SSi/c1-34-23-25-36(26-24-34)50(42)31-40(48-33-46-30-28-44-7)39(47-32-45-29-27-43-6)22-16-8-11-17-35(2)49-51(41(3,4)5,37-18-12-9-13-19-37)38-20-14-10-15-21-38/h9-10,12-15,18-21,23-26,35,39-40H,8,11,16-17,22,27-33H2,1-7H3/t35-,39+,40-,50?/m1/s1. The zero-order chi connectivity index (χ0) is 37.0. The lowest BCUT2D eigenvalue weighted by Crippen LogP contribution is -2.67. The molecule has 0 aliphatic rings. The first-order valence-electron chi connectivity index (χ1n) is 18.2. The Bertz CT molecular complexity index is 1310. The highest BCUT2D eigenvalue weighted by atomic mass is 32.2. The molecule has 0 aliphatic heterocycles. The molecule has 0 heterocycles. The molecule has 3 aromatic carbocycles. The average molecular weight is 743 g/mol. The summed E-state index contributed by atoms with van der Waals surface area (Å²) in [7, 11) is -0.627. The van der Waals surface area contributed by atoms with E-state index in [4.69, 9.17) is 32.8 Å². The Morgan fingerprint density at radius 1 is 0.667 bits per heavy atom. The van der Waals surface area contributed by atoms with Crippen LogP contribution in [0.25, 0.3) is 0 Å². The van der Waals surface area contributed by atoms with Crippen molar-refractivity contribution in [1.29, 1.82) is 0 Å². The Labute approximate surface area is 311 Å². The van der Waals surface area contributed by atoms with Crippen molar-refractivity contribution in [3.8, 4) is 0 Å². The number of aryl methyl sites for hydroxylation is 1. The molecule has 284 valence electrons. The van der Waals surface area contributed by atoms with Crippen LogP contribution in [0.4, 0.5) is 0 Å². The van der Waals surface area contributed by atoms with E-state index in [1.165, 1.54) is 10.4 Å². The van der Waals surface area contributed by atoms with Gasteiger partial charge < -0.3 is 32.8 Å². The van der Waals surface area contributed by atoms with Gasteiger partial charge in [0.2, 0.25) is 0 Å². The van der Waals surface area contributed by atoms with Crippen LogP contribution >= 0.6 is 0 Å². The fraction of sp³-hybridized carbons (Fsp3) is 0.561. The highest BCUT2D eigenvalue weighted by molar-refractivity contribution is 7.85. The number of benzene rings is 3. The molecule has 3 rings (SSSR count). The van der Waals surface area contributed by atoms with Crippen LogP contribution < -0.4 is 10.4 Å². The molecule has 0 aromatic heterocycles. The van der Waals surface area contributed by atoms with Gasteiger partial charge in [-0.3, -0.25) is 4.21 Å². The van der Waals surface area contributed by atoms with E-state index in [1.54, 1.807) is 14.2 Å². The normalized spacial score (nSPS) is 14.6. The first-order valence-corrected chi connectivity index (χ1v) is 21.5. The third-order valence-electron chi connectivity index (χ3n) is 9.00. The van der Waals surface area contributed by atoms with Gasteiger partial charge in [-0.15, -0.1) is 0 Å². The van der Waals surface area contributed by atoms with Gasteiger partial charge in [0.1, 0.15) is 13.6 Å². The maximum Gasteiger partial charge on any atom is 0.261 e. The second-order valence-electron chi connectivity index (χ2n) is 14.0. The van der Waals surface area contributed by atoms with Crippen LogP contribution in [0.3, 0.4) is 0 Å². The summed E-state index contributed by atoms with van der Waals surface area (Å²) >= 11 is 0. The summed E-state index contributed by atoms with van der Waals surface area (Å²) in [6.45, 7) is 13.1. The van der Waals surface area contributed by atoms with Crippen LogP contribution in [-0.2, 0) is 43.6 Å². The van der Waals surface area contributed by atoms with Crippen molar-refractivity contribution in [1.82, 2.24) is 0 Å². The molecule has 0 amide bonds. The fourth-order valence-electron chi connectivity index (χ4n) is 6.25. The van der Waals surface area contributed by atoms with E-state index >= 15 is 0 Å². The molecule has 0 N–H and O–H groups in total. The molecule has 1 unspecified atom stereocenters. The van der Waals surface area contributed by atoms with Crippen LogP contribution in [0.5, 0.6) is 0 Å². The van der Waals surface area contributed by atoms with E-state index in [0.29, 0.717) is 26.4 Å². The predicted molar refractivity (Wildman–Crippen MR) is 209 cm³/mol. The maximum absolute atomic E-state index is 13.5. The first-order chi connectivity index (χ1) is 24.6. The lowest BCUT2D eigenvalue weighted by Gasteiger charge is -2.44. The molecule has 0 saturated carbocycles. The van der Waals surface area contributed by atoms with E-state index in [0.717, 1.165) is 42.6 Å². The third kappa shape index (κ3) is 14.2. The number of unbranched alkanes of at least 4 members (excludes halogenated alkanes) is 2. The third-order valence-corrected chi connectivity index (χ3v) is 15.6. The molecule has 51 heavy (non-hydrogen) atoms. The molecule has 0 bridgehead atoms. The van der Waals surface area contributed by atoms with Gasteiger partial charge in [0, 0.05) is 25.2 Å².